The molecule has 0 aliphatic rings. The molecule has 4 radical (unpaired) electrons. The normalized spacial score (nSPS) is 6.00. The summed E-state index contributed by atoms with van der Waals surface area (Å²) in [7, 11) is 0. The van der Waals surface area contributed by atoms with E-state index in [0.29, 0.717) is 6.54 Å². The smallest absolute Gasteiger partial charge is 0.0553 e. The van der Waals surface area contributed by atoms with E-state index in [0.717, 1.165) is 0 Å². The molecule has 5 heavy (non-hydrogen) atoms. The summed E-state index contributed by atoms with van der Waals surface area (Å²) in [4.78, 5) is 0. The zero-order valence-electron chi connectivity index (χ0n) is 2.94. The van der Waals surface area contributed by atoms with Crippen molar-refractivity contribution in [1.29, 1.82) is 0 Å². The van der Waals surface area contributed by atoms with Gasteiger partial charge in [-0.3, -0.25) is 0 Å². The maximum absolute atomic E-state index is 7.75. The summed E-state index contributed by atoms with van der Waals surface area (Å²) >= 11 is 0. The Hall–Kier alpha value is 0.719. The number of aliphatic hydroxyl groups excluding tert-OH is 1. The molecule has 30 valence electrons. The molecule has 0 saturated heterocycles. The van der Waals surface area contributed by atoms with Gasteiger partial charge in [0.15, 0.2) is 0 Å². The van der Waals surface area contributed by atoms with E-state index in [1.54, 1.807) is 0 Å². The molecule has 0 saturated carbocycles. The van der Waals surface area contributed by atoms with Crippen LogP contribution in [0.5, 0.6) is 0 Å². The molecule has 0 aromatic rings. The van der Waals surface area contributed by atoms with Crippen molar-refractivity contribution in [2.45, 2.75) is 0 Å². The Morgan fingerprint density at radius 3 is 1.80 bits per heavy atom. The van der Waals surface area contributed by atoms with Gasteiger partial charge in [0.2, 0.25) is 0 Å². The van der Waals surface area contributed by atoms with Crippen LogP contribution >= 0.6 is 0 Å². The topological polar surface area (TPSA) is 46.2 Å². The van der Waals surface area contributed by atoms with Gasteiger partial charge in [-0.25, -0.2) is 0 Å². The van der Waals surface area contributed by atoms with Crippen molar-refractivity contribution in [3.8, 4) is 0 Å². The summed E-state index contributed by atoms with van der Waals surface area (Å²) in [5.41, 5.74) is 4.78. The van der Waals surface area contributed by atoms with Crippen LogP contribution in [0.3, 0.4) is 0 Å². The van der Waals surface area contributed by atoms with Gasteiger partial charge in [-0.1, -0.05) is 0 Å². The van der Waals surface area contributed by atoms with Crippen LogP contribution in [0.2, 0.25) is 0 Å². The van der Waals surface area contributed by atoms with E-state index in [-0.39, 0.29) is 30.5 Å². The van der Waals surface area contributed by atoms with Gasteiger partial charge < -0.3 is 10.8 Å². The van der Waals surface area contributed by atoms with Crippen LogP contribution in [0.15, 0.2) is 0 Å². The Balaban J connectivity index is 0. The fourth-order valence-corrected chi connectivity index (χ4v) is 0. The summed E-state index contributed by atoms with van der Waals surface area (Å²) in [6, 6.07) is 0. The van der Waals surface area contributed by atoms with Gasteiger partial charge in [-0.05, 0) is 0 Å². The van der Waals surface area contributed by atoms with Crippen molar-refractivity contribution in [2.75, 3.05) is 13.2 Å². The van der Waals surface area contributed by atoms with Gasteiger partial charge in [-0.2, -0.15) is 0 Å². The zero-order valence-corrected chi connectivity index (χ0v) is 5.79. The quantitative estimate of drug-likeness (QED) is 0.485. The SMILES string of the molecule is NCCO.[Sn]. The fraction of sp³-hybridized carbons (Fsp3) is 1.00. The maximum atomic E-state index is 7.75. The van der Waals surface area contributed by atoms with Crippen molar-refractivity contribution in [1.82, 2.24) is 0 Å². The predicted octanol–water partition coefficient (Wildman–Crippen LogP) is -1.44. The summed E-state index contributed by atoms with van der Waals surface area (Å²) < 4.78 is 0. The third-order valence-electron chi connectivity index (χ3n) is 0.129. The molecule has 3 N–H and O–H groups in total. The minimum Gasteiger partial charge on any atom is -0.395 e. The van der Waals surface area contributed by atoms with Crippen molar-refractivity contribution >= 4 is 23.9 Å². The maximum Gasteiger partial charge on any atom is 0.0553 e. The average molecular weight is 180 g/mol. The first-order chi connectivity index (χ1) is 1.91. The van der Waals surface area contributed by atoms with Gasteiger partial charge in [0, 0.05) is 30.5 Å². The molecule has 0 aliphatic heterocycles. The summed E-state index contributed by atoms with van der Waals surface area (Å²) in [6.07, 6.45) is 0. The first-order valence-electron chi connectivity index (χ1n) is 1.22. The largest absolute Gasteiger partial charge is 0.395 e. The molecule has 0 unspecified atom stereocenters. The number of nitrogens with two attached hydrogens (primary N) is 1. The molecule has 0 atom stereocenters. The van der Waals surface area contributed by atoms with Gasteiger partial charge in [0.1, 0.15) is 0 Å². The van der Waals surface area contributed by atoms with Gasteiger partial charge in [0.25, 0.3) is 0 Å². The van der Waals surface area contributed by atoms with E-state index in [1.807, 2.05) is 0 Å². The minimum absolute atomic E-state index is 0. The average Bonchev–Trinajstić information content (AvgIpc) is 1.37. The molecule has 0 aromatic heterocycles. The molecule has 0 amide bonds. The molecule has 2 nitrogen and oxygen atoms in total. The van der Waals surface area contributed by atoms with Crippen LogP contribution in [0.4, 0.5) is 0 Å². The van der Waals surface area contributed by atoms with E-state index in [4.69, 9.17) is 10.8 Å². The summed E-state index contributed by atoms with van der Waals surface area (Å²) in [5.74, 6) is 0. The molecule has 0 aromatic carbocycles. The number of hydrogen-bond donors (Lipinski definition) is 2. The van der Waals surface area contributed by atoms with Crippen LogP contribution in [0.1, 0.15) is 0 Å². The number of aliphatic hydroxyl groups is 1. The first-order valence-corrected chi connectivity index (χ1v) is 1.22. The molecule has 0 heterocycles. The van der Waals surface area contributed by atoms with E-state index in [9.17, 15) is 0 Å². The van der Waals surface area contributed by atoms with Crippen LogP contribution in [0, 0.1) is 0 Å². The molecular formula is C2H7NOSn. The van der Waals surface area contributed by atoms with E-state index in [2.05, 4.69) is 0 Å². The Morgan fingerprint density at radius 1 is 1.60 bits per heavy atom. The number of hydrogen-bond acceptors (Lipinski definition) is 2. The van der Waals surface area contributed by atoms with Gasteiger partial charge in [-0.15, -0.1) is 0 Å². The second-order valence-corrected chi connectivity index (χ2v) is 0.512. The summed E-state index contributed by atoms with van der Waals surface area (Å²) in [6.45, 7) is 0.472. The fourth-order valence-electron chi connectivity index (χ4n) is 0. The third-order valence-corrected chi connectivity index (χ3v) is 0.129. The third kappa shape index (κ3) is 11.8. The van der Waals surface area contributed by atoms with Crippen molar-refractivity contribution in [3.05, 3.63) is 0 Å². The zero-order chi connectivity index (χ0) is 3.41. The van der Waals surface area contributed by atoms with Crippen LogP contribution < -0.4 is 5.73 Å². The molecule has 0 rings (SSSR count). The molecule has 0 fully saturated rings. The Bertz CT molecular complexity index is 11.6. The van der Waals surface area contributed by atoms with Crippen LogP contribution in [-0.2, 0) is 0 Å². The Labute approximate surface area is 48.3 Å². The molecule has 0 aliphatic carbocycles. The van der Waals surface area contributed by atoms with Crippen molar-refractivity contribution in [2.24, 2.45) is 5.73 Å². The van der Waals surface area contributed by atoms with Crippen molar-refractivity contribution < 1.29 is 5.11 Å². The number of rotatable bonds is 1. The first kappa shape index (κ1) is 9.21. The second kappa shape index (κ2) is 8.83. The van der Waals surface area contributed by atoms with E-state index >= 15 is 0 Å². The van der Waals surface area contributed by atoms with Crippen LogP contribution in [0.25, 0.3) is 0 Å². The van der Waals surface area contributed by atoms with Crippen molar-refractivity contribution in [3.63, 3.8) is 0 Å². The minimum atomic E-state index is 0. The van der Waals surface area contributed by atoms with Gasteiger partial charge in [0.05, 0.1) is 6.61 Å². The van der Waals surface area contributed by atoms with Crippen LogP contribution in [-0.4, -0.2) is 42.2 Å². The standard InChI is InChI=1S/C2H7NO.Sn/c3-1-2-4;/h4H,1-3H2;. The molecule has 3 heteroatoms. The van der Waals surface area contributed by atoms with E-state index in [1.165, 1.54) is 0 Å². The predicted molar refractivity (Wildman–Crippen MR) is 21.9 cm³/mol. The second-order valence-electron chi connectivity index (χ2n) is 0.512. The monoisotopic (exact) mass is 181 g/mol. The molecular weight excluding hydrogens is 173 g/mol. The van der Waals surface area contributed by atoms with Gasteiger partial charge >= 0.3 is 0 Å². The Morgan fingerprint density at radius 2 is 1.80 bits per heavy atom. The Kier molecular flexibility index (Phi) is 16.3. The van der Waals surface area contributed by atoms with E-state index < -0.39 is 0 Å². The molecule has 0 spiro atoms. The molecule has 0 bridgehead atoms. The summed E-state index contributed by atoms with van der Waals surface area (Å²) in [5, 5.41) is 7.75.